The van der Waals surface area contributed by atoms with Crippen LogP contribution in [-0.4, -0.2) is 34.0 Å². The molecule has 0 atom stereocenters. The smallest absolute Gasteiger partial charge is 0.387 e. The summed E-state index contributed by atoms with van der Waals surface area (Å²) in [6, 6.07) is 9.03. The standard InChI is InChI=1S/C17H11F4N3O4/c18-16(19)27-9-5-6-11(14(7-9)28-17(20)21)13(25)8-24-15(26)10-3-1-2-4-12(10)22-23-24/h1-7,16-17H,8H2. The minimum Gasteiger partial charge on any atom is -0.435 e. The van der Waals surface area contributed by atoms with Gasteiger partial charge in [-0.2, -0.15) is 17.6 Å². The molecule has 3 rings (SSSR count). The average molecular weight is 397 g/mol. The molecule has 0 bridgehead atoms. The molecule has 0 saturated carbocycles. The average Bonchev–Trinajstić information content (AvgIpc) is 2.63. The van der Waals surface area contributed by atoms with Crippen molar-refractivity contribution in [1.29, 1.82) is 0 Å². The number of carbonyl (C=O) groups excluding carboxylic acids is 1. The lowest BCUT2D eigenvalue weighted by Gasteiger charge is -2.12. The predicted octanol–water partition coefficient (Wildman–Crippen LogP) is 2.88. The van der Waals surface area contributed by atoms with E-state index >= 15 is 0 Å². The topological polar surface area (TPSA) is 83.3 Å². The van der Waals surface area contributed by atoms with E-state index in [0.717, 1.165) is 22.9 Å². The molecule has 146 valence electrons. The van der Waals surface area contributed by atoms with Gasteiger partial charge < -0.3 is 9.47 Å². The number of fused-ring (bicyclic) bond motifs is 1. The maximum atomic E-state index is 12.6. The van der Waals surface area contributed by atoms with Crippen molar-refractivity contribution in [3.8, 4) is 11.5 Å². The molecule has 0 saturated heterocycles. The maximum Gasteiger partial charge on any atom is 0.387 e. The van der Waals surface area contributed by atoms with Crippen molar-refractivity contribution in [2.24, 2.45) is 0 Å². The van der Waals surface area contributed by atoms with Gasteiger partial charge in [0.15, 0.2) is 5.78 Å². The molecule has 0 radical (unpaired) electrons. The minimum absolute atomic E-state index is 0.218. The lowest BCUT2D eigenvalue weighted by Crippen LogP contribution is -2.28. The molecule has 2 aromatic carbocycles. The second-order valence-electron chi connectivity index (χ2n) is 5.41. The second-order valence-corrected chi connectivity index (χ2v) is 5.41. The van der Waals surface area contributed by atoms with Crippen LogP contribution in [0.4, 0.5) is 17.6 Å². The fourth-order valence-corrected chi connectivity index (χ4v) is 2.45. The Kier molecular flexibility index (Phi) is 5.52. The van der Waals surface area contributed by atoms with Crippen LogP contribution >= 0.6 is 0 Å². The maximum absolute atomic E-state index is 12.6. The Hall–Kier alpha value is -3.50. The molecule has 0 fully saturated rings. The van der Waals surface area contributed by atoms with Crippen molar-refractivity contribution < 1.29 is 31.8 Å². The van der Waals surface area contributed by atoms with Crippen LogP contribution in [0.1, 0.15) is 10.4 Å². The summed E-state index contributed by atoms with van der Waals surface area (Å²) in [4.78, 5) is 24.9. The predicted molar refractivity (Wildman–Crippen MR) is 87.8 cm³/mol. The Balaban J connectivity index is 1.93. The van der Waals surface area contributed by atoms with E-state index in [-0.39, 0.29) is 10.9 Å². The number of rotatable bonds is 7. The summed E-state index contributed by atoms with van der Waals surface area (Å²) in [6.45, 7) is -7.12. The summed E-state index contributed by atoms with van der Waals surface area (Å²) >= 11 is 0. The van der Waals surface area contributed by atoms with E-state index < -0.39 is 42.6 Å². The third kappa shape index (κ3) is 4.24. The Morgan fingerprint density at radius 3 is 2.46 bits per heavy atom. The van der Waals surface area contributed by atoms with Gasteiger partial charge in [0, 0.05) is 6.07 Å². The highest BCUT2D eigenvalue weighted by Gasteiger charge is 2.20. The number of Topliss-reactive ketones (excluding diaryl/α,β-unsaturated/α-hetero) is 1. The highest BCUT2D eigenvalue weighted by atomic mass is 19.3. The molecule has 3 aromatic rings. The number of halogens is 4. The molecule has 1 heterocycles. The summed E-state index contributed by atoms with van der Waals surface area (Å²) in [7, 11) is 0. The van der Waals surface area contributed by atoms with Crippen LogP contribution in [0, 0.1) is 0 Å². The van der Waals surface area contributed by atoms with E-state index in [2.05, 4.69) is 19.8 Å². The minimum atomic E-state index is -3.31. The fourth-order valence-electron chi connectivity index (χ4n) is 2.45. The first-order valence-electron chi connectivity index (χ1n) is 7.74. The number of ether oxygens (including phenoxy) is 2. The molecule has 7 nitrogen and oxygen atoms in total. The largest absolute Gasteiger partial charge is 0.435 e. The van der Waals surface area contributed by atoms with Crippen LogP contribution in [0.15, 0.2) is 47.3 Å². The summed E-state index contributed by atoms with van der Waals surface area (Å²) in [5, 5.41) is 7.67. The van der Waals surface area contributed by atoms with Crippen LogP contribution in [0.2, 0.25) is 0 Å². The zero-order valence-corrected chi connectivity index (χ0v) is 13.9. The number of hydrogen-bond acceptors (Lipinski definition) is 6. The van der Waals surface area contributed by atoms with Gasteiger partial charge in [-0.25, -0.2) is 4.68 Å². The monoisotopic (exact) mass is 397 g/mol. The first-order valence-corrected chi connectivity index (χ1v) is 7.74. The van der Waals surface area contributed by atoms with Gasteiger partial charge in [-0.1, -0.05) is 17.3 Å². The molecule has 0 aliphatic heterocycles. The Labute approximate surface area is 154 Å². The van der Waals surface area contributed by atoms with E-state index in [1.54, 1.807) is 18.2 Å². The van der Waals surface area contributed by atoms with Crippen molar-refractivity contribution in [3.05, 3.63) is 58.4 Å². The number of carbonyl (C=O) groups is 1. The molecule has 0 N–H and O–H groups in total. The highest BCUT2D eigenvalue weighted by Crippen LogP contribution is 2.28. The van der Waals surface area contributed by atoms with Crippen LogP contribution in [0.5, 0.6) is 11.5 Å². The number of ketones is 1. The Bertz CT molecular complexity index is 1070. The van der Waals surface area contributed by atoms with Gasteiger partial charge in [0.1, 0.15) is 23.6 Å². The molecule has 28 heavy (non-hydrogen) atoms. The lowest BCUT2D eigenvalue weighted by atomic mass is 10.1. The molecule has 0 aliphatic carbocycles. The number of nitrogens with zero attached hydrogens (tertiary/aromatic N) is 3. The molecular formula is C17H11F4N3O4. The van der Waals surface area contributed by atoms with Gasteiger partial charge in [-0.05, 0) is 24.3 Å². The molecule has 1 aromatic heterocycles. The van der Waals surface area contributed by atoms with E-state index in [1.165, 1.54) is 6.07 Å². The zero-order chi connectivity index (χ0) is 20.3. The highest BCUT2D eigenvalue weighted by molar-refractivity contribution is 5.98. The van der Waals surface area contributed by atoms with Crippen molar-refractivity contribution in [1.82, 2.24) is 15.0 Å². The van der Waals surface area contributed by atoms with E-state index in [4.69, 9.17) is 0 Å². The van der Waals surface area contributed by atoms with Gasteiger partial charge in [0.25, 0.3) is 5.56 Å². The number of hydrogen-bond donors (Lipinski definition) is 0. The SMILES string of the molecule is O=C(Cn1nnc2ccccc2c1=O)c1ccc(OC(F)F)cc1OC(F)F. The number of alkyl halides is 4. The van der Waals surface area contributed by atoms with E-state index in [0.29, 0.717) is 5.52 Å². The second kappa shape index (κ2) is 8.03. The van der Waals surface area contributed by atoms with E-state index in [9.17, 15) is 27.2 Å². The van der Waals surface area contributed by atoms with Crippen molar-refractivity contribution >= 4 is 16.7 Å². The van der Waals surface area contributed by atoms with Gasteiger partial charge in [0.05, 0.1) is 10.9 Å². The summed E-state index contributed by atoms with van der Waals surface area (Å²) in [6.07, 6.45) is 0. The van der Waals surface area contributed by atoms with Crippen molar-refractivity contribution in [2.45, 2.75) is 19.8 Å². The quantitative estimate of drug-likeness (QED) is 0.450. The Morgan fingerprint density at radius 2 is 1.75 bits per heavy atom. The molecule has 0 unspecified atom stereocenters. The summed E-state index contributed by atoms with van der Waals surface area (Å²) in [5.74, 6) is -1.95. The molecule has 0 aliphatic rings. The van der Waals surface area contributed by atoms with Crippen molar-refractivity contribution in [3.63, 3.8) is 0 Å². The molecule has 11 heteroatoms. The summed E-state index contributed by atoms with van der Waals surface area (Å²) < 4.78 is 58.9. The zero-order valence-electron chi connectivity index (χ0n) is 13.9. The molecule has 0 spiro atoms. The Morgan fingerprint density at radius 1 is 1.04 bits per heavy atom. The summed E-state index contributed by atoms with van der Waals surface area (Å²) in [5.41, 5.74) is -0.636. The van der Waals surface area contributed by atoms with Crippen LogP contribution in [0.3, 0.4) is 0 Å². The normalized spacial score (nSPS) is 11.2. The van der Waals surface area contributed by atoms with Crippen LogP contribution in [-0.2, 0) is 6.54 Å². The third-order valence-electron chi connectivity index (χ3n) is 3.62. The van der Waals surface area contributed by atoms with Crippen LogP contribution < -0.4 is 15.0 Å². The van der Waals surface area contributed by atoms with Gasteiger partial charge in [0.2, 0.25) is 0 Å². The van der Waals surface area contributed by atoms with E-state index in [1.807, 2.05) is 0 Å². The van der Waals surface area contributed by atoms with Crippen LogP contribution in [0.25, 0.3) is 10.9 Å². The fraction of sp³-hybridized carbons (Fsp3) is 0.176. The number of benzene rings is 2. The first-order chi connectivity index (χ1) is 13.3. The number of aromatic nitrogens is 3. The third-order valence-corrected chi connectivity index (χ3v) is 3.62. The van der Waals surface area contributed by atoms with Crippen molar-refractivity contribution in [2.75, 3.05) is 0 Å². The van der Waals surface area contributed by atoms with Gasteiger partial charge >= 0.3 is 13.2 Å². The first kappa shape index (κ1) is 19.3. The molecular weight excluding hydrogens is 386 g/mol. The lowest BCUT2D eigenvalue weighted by molar-refractivity contribution is -0.0544. The van der Waals surface area contributed by atoms with Gasteiger partial charge in [-0.15, -0.1) is 5.10 Å². The van der Waals surface area contributed by atoms with Gasteiger partial charge in [-0.3, -0.25) is 9.59 Å². The molecule has 0 amide bonds.